The fraction of sp³-hybridized carbons (Fsp3) is 0.611. The minimum atomic E-state index is -0.505. The van der Waals surface area contributed by atoms with E-state index in [4.69, 9.17) is 16.3 Å². The van der Waals surface area contributed by atoms with E-state index >= 15 is 0 Å². The van der Waals surface area contributed by atoms with Gasteiger partial charge in [0.1, 0.15) is 5.82 Å². The van der Waals surface area contributed by atoms with Gasteiger partial charge in [0.2, 0.25) is 5.91 Å². The number of halogens is 2. The Hall–Kier alpha value is -1.17. The topological polar surface area (TPSA) is 32.8 Å². The third-order valence-corrected chi connectivity index (χ3v) is 5.99. The fourth-order valence-electron chi connectivity index (χ4n) is 4.51. The first kappa shape index (κ1) is 16.3. The third kappa shape index (κ3) is 2.29. The highest BCUT2D eigenvalue weighted by molar-refractivity contribution is 6.30. The molecule has 0 radical (unpaired) electrons. The predicted molar refractivity (Wildman–Crippen MR) is 89.0 cm³/mol. The molecular formula is C18H22ClFN2O2. The molecule has 0 saturated carbocycles. The molecule has 3 aliphatic rings. The molecule has 1 amide bonds. The number of carbonyl (C=O) groups excluding carboxylic acids is 1. The van der Waals surface area contributed by atoms with E-state index < -0.39 is 5.72 Å². The monoisotopic (exact) mass is 352 g/mol. The van der Waals surface area contributed by atoms with Crippen molar-refractivity contribution < 1.29 is 13.9 Å². The number of hydrogen-bond acceptors (Lipinski definition) is 3. The number of nitrogens with zero attached hydrogens (tertiary/aromatic N) is 2. The molecule has 3 atom stereocenters. The van der Waals surface area contributed by atoms with E-state index in [2.05, 4.69) is 18.7 Å². The quantitative estimate of drug-likeness (QED) is 0.838. The van der Waals surface area contributed by atoms with Gasteiger partial charge in [-0.25, -0.2) is 4.39 Å². The highest BCUT2D eigenvalue weighted by atomic mass is 35.5. The second-order valence-electron chi connectivity index (χ2n) is 7.41. The van der Waals surface area contributed by atoms with Crippen LogP contribution < -0.4 is 0 Å². The number of benzene rings is 1. The molecule has 24 heavy (non-hydrogen) atoms. The smallest absolute Gasteiger partial charge is 0.226 e. The van der Waals surface area contributed by atoms with E-state index in [0.717, 1.165) is 13.0 Å². The van der Waals surface area contributed by atoms with E-state index in [9.17, 15) is 9.18 Å². The van der Waals surface area contributed by atoms with Crippen molar-refractivity contribution in [2.45, 2.75) is 51.0 Å². The van der Waals surface area contributed by atoms with Gasteiger partial charge in [-0.05, 0) is 18.1 Å². The maximum Gasteiger partial charge on any atom is 0.226 e. The molecule has 0 aliphatic carbocycles. The minimum Gasteiger partial charge on any atom is -0.352 e. The predicted octanol–water partition coefficient (Wildman–Crippen LogP) is 3.04. The van der Waals surface area contributed by atoms with Crippen molar-refractivity contribution in [3.8, 4) is 0 Å². The number of ether oxygens (including phenoxy) is 1. The molecule has 1 aromatic carbocycles. The highest BCUT2D eigenvalue weighted by Crippen LogP contribution is 2.49. The van der Waals surface area contributed by atoms with Gasteiger partial charge in [0.15, 0.2) is 5.72 Å². The van der Waals surface area contributed by atoms with Crippen molar-refractivity contribution in [2.75, 3.05) is 13.2 Å². The summed E-state index contributed by atoms with van der Waals surface area (Å²) in [5.41, 5.74) is 0.107. The Morgan fingerprint density at radius 1 is 1.46 bits per heavy atom. The van der Waals surface area contributed by atoms with Crippen LogP contribution >= 0.6 is 11.6 Å². The first-order valence-corrected chi connectivity index (χ1v) is 8.94. The summed E-state index contributed by atoms with van der Waals surface area (Å²) in [5.74, 6) is 0.240. The summed E-state index contributed by atoms with van der Waals surface area (Å²) in [4.78, 5) is 16.8. The highest BCUT2D eigenvalue weighted by Gasteiger charge is 2.64. The van der Waals surface area contributed by atoms with E-state index in [1.54, 1.807) is 12.1 Å². The normalized spacial score (nSPS) is 32.7. The van der Waals surface area contributed by atoms with Gasteiger partial charge in [0.25, 0.3) is 0 Å². The van der Waals surface area contributed by atoms with Crippen molar-refractivity contribution >= 4 is 17.5 Å². The Balaban J connectivity index is 1.59. The van der Waals surface area contributed by atoms with Gasteiger partial charge >= 0.3 is 0 Å². The molecule has 3 saturated heterocycles. The first-order valence-electron chi connectivity index (χ1n) is 8.56. The van der Waals surface area contributed by atoms with Gasteiger partial charge in [0.05, 0.1) is 18.7 Å². The molecule has 0 bridgehead atoms. The summed E-state index contributed by atoms with van der Waals surface area (Å²) < 4.78 is 20.3. The number of carbonyl (C=O) groups is 1. The Kier molecular flexibility index (Phi) is 3.86. The van der Waals surface area contributed by atoms with E-state index in [0.29, 0.717) is 36.1 Å². The van der Waals surface area contributed by atoms with Crippen molar-refractivity contribution in [1.82, 2.24) is 9.80 Å². The molecule has 130 valence electrons. The van der Waals surface area contributed by atoms with Crippen LogP contribution in [0.15, 0.2) is 18.2 Å². The molecule has 1 spiro atoms. The lowest BCUT2D eigenvalue weighted by Gasteiger charge is -2.34. The summed E-state index contributed by atoms with van der Waals surface area (Å²) in [6.07, 6.45) is 1.25. The summed E-state index contributed by atoms with van der Waals surface area (Å²) in [7, 11) is 0. The van der Waals surface area contributed by atoms with Gasteiger partial charge < -0.3 is 9.64 Å². The van der Waals surface area contributed by atoms with E-state index in [1.807, 2.05) is 4.90 Å². The number of hydrogen-bond donors (Lipinski definition) is 0. The van der Waals surface area contributed by atoms with Crippen LogP contribution in [-0.4, -0.2) is 46.7 Å². The standard InChI is InChI=1S/C18H22ClFN2O2/c1-11(2)15-10-24-18-5-6-21(16(18)8-17(23)22(15)18)9-12-3-4-13(19)7-14(12)20/h3-4,7,11,15-16H,5-6,8-10H2,1-2H3/t15-,16+,18-/m0/s1. The Morgan fingerprint density at radius 3 is 2.96 bits per heavy atom. The minimum absolute atomic E-state index is 0.00354. The van der Waals surface area contributed by atoms with Crippen LogP contribution in [0.4, 0.5) is 4.39 Å². The average Bonchev–Trinajstić information content (AvgIpc) is 3.13. The SMILES string of the molecule is CC(C)[C@@H]1CO[C@@]23CCN(Cc4ccc(Cl)cc4F)[C@@H]2CC(=O)N13. The van der Waals surface area contributed by atoms with Gasteiger partial charge in [-0.2, -0.15) is 0 Å². The second-order valence-corrected chi connectivity index (χ2v) is 7.84. The molecule has 3 fully saturated rings. The van der Waals surface area contributed by atoms with Crippen molar-refractivity contribution in [3.63, 3.8) is 0 Å². The number of likely N-dealkylation sites (tertiary alicyclic amines) is 1. The first-order chi connectivity index (χ1) is 11.4. The molecule has 3 heterocycles. The van der Waals surface area contributed by atoms with E-state index in [1.165, 1.54) is 6.07 Å². The van der Waals surface area contributed by atoms with Gasteiger partial charge in [-0.1, -0.05) is 31.5 Å². The maximum atomic E-state index is 14.1. The molecule has 0 aromatic heterocycles. The van der Waals surface area contributed by atoms with E-state index in [-0.39, 0.29) is 23.8 Å². The van der Waals surface area contributed by atoms with Crippen LogP contribution in [-0.2, 0) is 16.1 Å². The second kappa shape index (κ2) is 5.68. The number of rotatable bonds is 3. The molecule has 1 aromatic rings. The van der Waals surface area contributed by atoms with Crippen molar-refractivity contribution in [3.05, 3.63) is 34.6 Å². The van der Waals surface area contributed by atoms with Crippen molar-refractivity contribution in [1.29, 1.82) is 0 Å². The van der Waals surface area contributed by atoms with Gasteiger partial charge in [-0.3, -0.25) is 9.69 Å². The molecule has 4 rings (SSSR count). The summed E-state index contributed by atoms with van der Waals surface area (Å²) in [6.45, 7) is 6.14. The average molecular weight is 353 g/mol. The molecule has 0 N–H and O–H groups in total. The van der Waals surface area contributed by atoms with Crippen LogP contribution in [0.25, 0.3) is 0 Å². The molecule has 3 aliphatic heterocycles. The lowest BCUT2D eigenvalue weighted by molar-refractivity contribution is -0.139. The molecule has 6 heteroatoms. The number of amides is 1. The summed E-state index contributed by atoms with van der Waals surface area (Å²) in [5, 5.41) is 0.398. The van der Waals surface area contributed by atoms with Crippen LogP contribution in [0.1, 0.15) is 32.3 Å². The largest absolute Gasteiger partial charge is 0.352 e. The van der Waals surface area contributed by atoms with Gasteiger partial charge in [-0.15, -0.1) is 0 Å². The zero-order valence-corrected chi connectivity index (χ0v) is 14.7. The maximum absolute atomic E-state index is 14.1. The van der Waals surface area contributed by atoms with Crippen molar-refractivity contribution in [2.24, 2.45) is 5.92 Å². The Bertz CT molecular complexity index is 683. The summed E-state index contributed by atoms with van der Waals surface area (Å²) in [6, 6.07) is 4.93. The summed E-state index contributed by atoms with van der Waals surface area (Å²) >= 11 is 5.83. The zero-order chi connectivity index (χ0) is 17.1. The lowest BCUT2D eigenvalue weighted by atomic mass is 10.0. The molecule has 0 unspecified atom stereocenters. The van der Waals surface area contributed by atoms with Crippen LogP contribution in [0.5, 0.6) is 0 Å². The van der Waals surface area contributed by atoms with Crippen LogP contribution in [0.2, 0.25) is 5.02 Å². The zero-order valence-electron chi connectivity index (χ0n) is 14.0. The molecular weight excluding hydrogens is 331 g/mol. The van der Waals surface area contributed by atoms with Crippen LogP contribution in [0.3, 0.4) is 0 Å². The lowest BCUT2D eigenvalue weighted by Crippen LogP contribution is -2.50. The fourth-order valence-corrected chi connectivity index (χ4v) is 4.67. The molecule has 4 nitrogen and oxygen atoms in total. The Morgan fingerprint density at radius 2 is 2.25 bits per heavy atom. The van der Waals surface area contributed by atoms with Crippen LogP contribution in [0, 0.1) is 11.7 Å². The van der Waals surface area contributed by atoms with Gasteiger partial charge in [0, 0.05) is 36.5 Å². The third-order valence-electron chi connectivity index (χ3n) is 5.76. The Labute approximate surface area is 146 Å².